The number of rotatable bonds is 5. The second-order valence-electron chi connectivity index (χ2n) is 3.85. The molecule has 0 aliphatic heterocycles. The van der Waals surface area contributed by atoms with E-state index in [-0.39, 0.29) is 11.7 Å². The Bertz CT molecular complexity index is 530. The quantitative estimate of drug-likeness (QED) is 0.593. The summed E-state index contributed by atoms with van der Waals surface area (Å²) in [5.41, 5.74) is 6.33. The number of aromatic amines is 2. The molecule has 0 atom stereocenters. The standard InChI is InChI=1S/C10H15N7O/c1-2-3-7-14-9(17-15-7)10(18)12-4-6-5-13-16-8(6)11/h5H,2-4H2,1H3,(H,12,18)(H3,11,13,16)(H,14,15,17). The third-order valence-corrected chi connectivity index (χ3v) is 2.41. The zero-order chi connectivity index (χ0) is 13.0. The predicted molar refractivity (Wildman–Crippen MR) is 64.5 cm³/mol. The molecule has 0 aliphatic rings. The lowest BCUT2D eigenvalue weighted by atomic mass is 10.3. The van der Waals surface area contributed by atoms with Crippen LogP contribution in [-0.4, -0.2) is 31.3 Å². The molecule has 0 radical (unpaired) electrons. The average Bonchev–Trinajstić information content (AvgIpc) is 2.96. The van der Waals surface area contributed by atoms with Crippen molar-refractivity contribution in [2.24, 2.45) is 0 Å². The first kappa shape index (κ1) is 12.1. The van der Waals surface area contributed by atoms with E-state index < -0.39 is 0 Å². The largest absolute Gasteiger partial charge is 0.384 e. The number of hydrogen-bond acceptors (Lipinski definition) is 5. The first-order valence-electron chi connectivity index (χ1n) is 5.68. The molecular weight excluding hydrogens is 234 g/mol. The summed E-state index contributed by atoms with van der Waals surface area (Å²) in [5, 5.41) is 15.6. The highest BCUT2D eigenvalue weighted by molar-refractivity contribution is 5.90. The maximum Gasteiger partial charge on any atom is 0.291 e. The highest BCUT2D eigenvalue weighted by atomic mass is 16.2. The monoisotopic (exact) mass is 249 g/mol. The summed E-state index contributed by atoms with van der Waals surface area (Å²) in [6.07, 6.45) is 3.28. The van der Waals surface area contributed by atoms with Crippen molar-refractivity contribution >= 4 is 11.7 Å². The predicted octanol–water partition coefficient (Wildman–Crippen LogP) is -0.00750. The van der Waals surface area contributed by atoms with Gasteiger partial charge in [-0.2, -0.15) is 5.10 Å². The Morgan fingerprint density at radius 3 is 3.00 bits per heavy atom. The number of carbonyl (C=O) groups excluding carboxylic acids is 1. The SMILES string of the molecule is CCCc1nc(C(=O)NCc2cn[nH]c2N)n[nH]1. The molecule has 8 nitrogen and oxygen atoms in total. The number of H-pyrrole nitrogens is 2. The van der Waals surface area contributed by atoms with E-state index in [2.05, 4.69) is 30.7 Å². The molecule has 0 saturated carbocycles. The molecular formula is C10H15N7O. The van der Waals surface area contributed by atoms with Gasteiger partial charge in [-0.25, -0.2) is 4.98 Å². The van der Waals surface area contributed by atoms with Gasteiger partial charge in [-0.05, 0) is 6.42 Å². The molecule has 0 bridgehead atoms. The fourth-order valence-corrected chi connectivity index (χ4v) is 1.46. The minimum atomic E-state index is -0.339. The first-order valence-corrected chi connectivity index (χ1v) is 5.68. The number of aromatic nitrogens is 5. The van der Waals surface area contributed by atoms with Gasteiger partial charge in [0.25, 0.3) is 5.91 Å². The van der Waals surface area contributed by atoms with Crippen molar-refractivity contribution in [3.05, 3.63) is 23.4 Å². The fourth-order valence-electron chi connectivity index (χ4n) is 1.46. The highest BCUT2D eigenvalue weighted by Crippen LogP contribution is 2.05. The van der Waals surface area contributed by atoms with E-state index >= 15 is 0 Å². The molecule has 0 aliphatic carbocycles. The van der Waals surface area contributed by atoms with E-state index in [4.69, 9.17) is 5.73 Å². The topological polar surface area (TPSA) is 125 Å². The van der Waals surface area contributed by atoms with Crippen LogP contribution in [0.3, 0.4) is 0 Å². The third kappa shape index (κ3) is 2.65. The smallest absolute Gasteiger partial charge is 0.291 e. The lowest BCUT2D eigenvalue weighted by Crippen LogP contribution is -2.24. The van der Waals surface area contributed by atoms with Gasteiger partial charge in [0.1, 0.15) is 11.6 Å². The minimum Gasteiger partial charge on any atom is -0.384 e. The highest BCUT2D eigenvalue weighted by Gasteiger charge is 2.12. The Morgan fingerprint density at radius 2 is 2.33 bits per heavy atom. The molecule has 0 spiro atoms. The molecule has 96 valence electrons. The van der Waals surface area contributed by atoms with Crippen molar-refractivity contribution in [1.82, 2.24) is 30.7 Å². The van der Waals surface area contributed by atoms with Crippen LogP contribution in [0, 0.1) is 0 Å². The zero-order valence-corrected chi connectivity index (χ0v) is 10.0. The van der Waals surface area contributed by atoms with Crippen molar-refractivity contribution < 1.29 is 4.79 Å². The van der Waals surface area contributed by atoms with E-state index in [0.29, 0.717) is 18.2 Å². The average molecular weight is 249 g/mol. The van der Waals surface area contributed by atoms with Crippen molar-refractivity contribution in [2.75, 3.05) is 5.73 Å². The Balaban J connectivity index is 1.93. The number of nitrogens with zero attached hydrogens (tertiary/aromatic N) is 3. The summed E-state index contributed by atoms with van der Waals surface area (Å²) in [6, 6.07) is 0. The number of nitrogens with two attached hydrogens (primary N) is 1. The van der Waals surface area contributed by atoms with Crippen molar-refractivity contribution in [1.29, 1.82) is 0 Å². The maximum atomic E-state index is 11.7. The number of carbonyl (C=O) groups is 1. The number of hydrogen-bond donors (Lipinski definition) is 4. The van der Waals surface area contributed by atoms with Crippen LogP contribution in [0.4, 0.5) is 5.82 Å². The van der Waals surface area contributed by atoms with Gasteiger partial charge in [0, 0.05) is 18.5 Å². The summed E-state index contributed by atoms with van der Waals surface area (Å²) in [7, 11) is 0. The Kier molecular flexibility index (Phi) is 3.56. The molecule has 2 heterocycles. The van der Waals surface area contributed by atoms with Gasteiger partial charge in [0.2, 0.25) is 5.82 Å². The minimum absolute atomic E-state index is 0.139. The number of anilines is 1. The number of aryl methyl sites for hydroxylation is 1. The number of nitrogens with one attached hydrogen (secondary N) is 3. The van der Waals surface area contributed by atoms with Crippen molar-refractivity contribution in [3.8, 4) is 0 Å². The van der Waals surface area contributed by atoms with Crippen LogP contribution < -0.4 is 11.1 Å². The van der Waals surface area contributed by atoms with Gasteiger partial charge in [0.05, 0.1) is 6.20 Å². The van der Waals surface area contributed by atoms with Crippen LogP contribution in [-0.2, 0) is 13.0 Å². The van der Waals surface area contributed by atoms with Gasteiger partial charge in [0.15, 0.2) is 0 Å². The third-order valence-electron chi connectivity index (χ3n) is 2.41. The van der Waals surface area contributed by atoms with Crippen molar-refractivity contribution in [2.45, 2.75) is 26.3 Å². The second kappa shape index (κ2) is 5.30. The lowest BCUT2D eigenvalue weighted by Gasteiger charge is -2.00. The molecule has 5 N–H and O–H groups in total. The van der Waals surface area contributed by atoms with E-state index in [1.807, 2.05) is 6.92 Å². The Morgan fingerprint density at radius 1 is 1.50 bits per heavy atom. The Labute approximate surface area is 103 Å². The van der Waals surface area contributed by atoms with Crippen LogP contribution in [0.1, 0.15) is 35.4 Å². The summed E-state index contributed by atoms with van der Waals surface area (Å²) in [4.78, 5) is 15.8. The van der Waals surface area contributed by atoms with Crippen LogP contribution in [0.2, 0.25) is 0 Å². The zero-order valence-electron chi connectivity index (χ0n) is 10.0. The summed E-state index contributed by atoms with van der Waals surface area (Å²) in [5.74, 6) is 0.956. The fraction of sp³-hybridized carbons (Fsp3) is 0.400. The number of amides is 1. The summed E-state index contributed by atoms with van der Waals surface area (Å²) < 4.78 is 0. The molecule has 18 heavy (non-hydrogen) atoms. The molecule has 2 rings (SSSR count). The van der Waals surface area contributed by atoms with E-state index in [1.54, 1.807) is 6.20 Å². The first-order chi connectivity index (χ1) is 8.70. The second-order valence-corrected chi connectivity index (χ2v) is 3.85. The summed E-state index contributed by atoms with van der Waals surface area (Å²) >= 11 is 0. The van der Waals surface area contributed by atoms with Gasteiger partial charge in [-0.15, -0.1) is 5.10 Å². The molecule has 1 amide bonds. The van der Waals surface area contributed by atoms with Crippen molar-refractivity contribution in [3.63, 3.8) is 0 Å². The van der Waals surface area contributed by atoms with E-state index in [1.165, 1.54) is 0 Å². The molecule has 8 heteroatoms. The van der Waals surface area contributed by atoms with Crippen LogP contribution >= 0.6 is 0 Å². The van der Waals surface area contributed by atoms with Crippen LogP contribution in [0.15, 0.2) is 6.20 Å². The molecule has 0 saturated heterocycles. The van der Waals surface area contributed by atoms with Gasteiger partial charge in [-0.3, -0.25) is 15.0 Å². The lowest BCUT2D eigenvalue weighted by molar-refractivity contribution is 0.0941. The Hall–Kier alpha value is -2.38. The van der Waals surface area contributed by atoms with Gasteiger partial charge >= 0.3 is 0 Å². The van der Waals surface area contributed by atoms with Gasteiger partial charge < -0.3 is 11.1 Å². The molecule has 0 unspecified atom stereocenters. The normalized spacial score (nSPS) is 10.5. The molecule has 0 fully saturated rings. The molecule has 0 aromatic carbocycles. The molecule has 2 aromatic heterocycles. The van der Waals surface area contributed by atoms with Gasteiger partial charge in [-0.1, -0.05) is 6.92 Å². The summed E-state index contributed by atoms with van der Waals surface area (Å²) in [6.45, 7) is 2.32. The number of nitrogen functional groups attached to an aromatic ring is 1. The molecule has 2 aromatic rings. The van der Waals surface area contributed by atoms with E-state index in [0.717, 1.165) is 18.4 Å². The van der Waals surface area contributed by atoms with E-state index in [9.17, 15) is 4.79 Å². The van der Waals surface area contributed by atoms with Crippen LogP contribution in [0.25, 0.3) is 0 Å². The van der Waals surface area contributed by atoms with Crippen LogP contribution in [0.5, 0.6) is 0 Å². The maximum absolute atomic E-state index is 11.7.